The maximum Gasteiger partial charge on any atom is 0.274 e. The lowest BCUT2D eigenvalue weighted by atomic mass is 9.99. The van der Waals surface area contributed by atoms with E-state index in [4.69, 9.17) is 4.74 Å². The molecule has 3 rings (SSSR count). The van der Waals surface area contributed by atoms with Crippen molar-refractivity contribution in [3.63, 3.8) is 0 Å². The van der Waals surface area contributed by atoms with Gasteiger partial charge in [0.2, 0.25) is 0 Å². The molecule has 1 aromatic carbocycles. The zero-order chi connectivity index (χ0) is 16.1. The van der Waals surface area contributed by atoms with Crippen LogP contribution in [0.15, 0.2) is 42.9 Å². The number of nitrogens with zero attached hydrogens (tertiary/aromatic N) is 3. The van der Waals surface area contributed by atoms with Crippen molar-refractivity contribution < 1.29 is 13.9 Å². The number of amides is 1. The lowest BCUT2D eigenvalue weighted by molar-refractivity contribution is 0.0731. The molecule has 120 valence electrons. The fraction of sp³-hybridized carbons (Fsp3) is 0.353. The molecule has 6 heteroatoms. The molecule has 1 amide bonds. The van der Waals surface area contributed by atoms with Gasteiger partial charge in [0.05, 0.1) is 19.4 Å². The van der Waals surface area contributed by atoms with Crippen LogP contribution in [0.2, 0.25) is 0 Å². The van der Waals surface area contributed by atoms with E-state index < -0.39 is 0 Å². The highest BCUT2D eigenvalue weighted by Gasteiger charge is 2.25. The summed E-state index contributed by atoms with van der Waals surface area (Å²) < 4.78 is 19.4. The van der Waals surface area contributed by atoms with Gasteiger partial charge in [-0.2, -0.15) is 0 Å². The highest BCUT2D eigenvalue weighted by atomic mass is 19.1. The van der Waals surface area contributed by atoms with E-state index in [2.05, 4.69) is 9.97 Å². The smallest absolute Gasteiger partial charge is 0.274 e. The maximum absolute atomic E-state index is 13.8. The number of ether oxygens (including phenoxy) is 1. The highest BCUT2D eigenvalue weighted by Crippen LogP contribution is 2.17. The fourth-order valence-corrected chi connectivity index (χ4v) is 2.73. The zero-order valence-electron chi connectivity index (χ0n) is 12.7. The Labute approximate surface area is 134 Å². The quantitative estimate of drug-likeness (QED) is 0.869. The lowest BCUT2D eigenvalue weighted by Gasteiger charge is -2.23. The van der Waals surface area contributed by atoms with E-state index in [1.807, 2.05) is 6.07 Å². The Morgan fingerprint density at radius 1 is 1.35 bits per heavy atom. The predicted molar refractivity (Wildman–Crippen MR) is 82.3 cm³/mol. The number of rotatable bonds is 3. The van der Waals surface area contributed by atoms with Crippen molar-refractivity contribution in [3.8, 4) is 0 Å². The first-order valence-corrected chi connectivity index (χ1v) is 7.60. The highest BCUT2D eigenvalue weighted by molar-refractivity contribution is 5.92. The van der Waals surface area contributed by atoms with Gasteiger partial charge in [0.25, 0.3) is 5.91 Å². The van der Waals surface area contributed by atoms with Gasteiger partial charge in [-0.3, -0.25) is 9.78 Å². The largest absolute Gasteiger partial charge is 0.379 e. The van der Waals surface area contributed by atoms with Gasteiger partial charge in [0.15, 0.2) is 0 Å². The van der Waals surface area contributed by atoms with E-state index in [1.54, 1.807) is 17.0 Å². The van der Waals surface area contributed by atoms with E-state index >= 15 is 0 Å². The van der Waals surface area contributed by atoms with Crippen LogP contribution >= 0.6 is 0 Å². The molecule has 2 heterocycles. The normalized spacial score (nSPS) is 18.5. The van der Waals surface area contributed by atoms with Crippen molar-refractivity contribution in [3.05, 3.63) is 59.9 Å². The summed E-state index contributed by atoms with van der Waals surface area (Å²) >= 11 is 0. The Morgan fingerprint density at radius 2 is 2.22 bits per heavy atom. The summed E-state index contributed by atoms with van der Waals surface area (Å²) in [5, 5.41) is 0. The van der Waals surface area contributed by atoms with Crippen LogP contribution in [-0.4, -0.2) is 47.1 Å². The average Bonchev–Trinajstić information content (AvgIpc) is 2.83. The van der Waals surface area contributed by atoms with Crippen LogP contribution in [0.4, 0.5) is 4.39 Å². The van der Waals surface area contributed by atoms with E-state index in [1.165, 1.54) is 24.7 Å². The topological polar surface area (TPSA) is 55.3 Å². The Morgan fingerprint density at radius 3 is 3.00 bits per heavy atom. The van der Waals surface area contributed by atoms with Crippen LogP contribution in [0.5, 0.6) is 0 Å². The molecule has 1 unspecified atom stereocenters. The van der Waals surface area contributed by atoms with Crippen LogP contribution in [0.1, 0.15) is 16.1 Å². The van der Waals surface area contributed by atoms with Crippen LogP contribution in [0, 0.1) is 11.7 Å². The molecule has 0 bridgehead atoms. The Hall–Kier alpha value is -2.34. The summed E-state index contributed by atoms with van der Waals surface area (Å²) in [6.07, 6.45) is 5.03. The monoisotopic (exact) mass is 315 g/mol. The fourth-order valence-electron chi connectivity index (χ4n) is 2.73. The van der Waals surface area contributed by atoms with Gasteiger partial charge in [-0.05, 0) is 18.1 Å². The first-order chi connectivity index (χ1) is 11.2. The number of hydrogen-bond acceptors (Lipinski definition) is 4. The Balaban J connectivity index is 1.71. The van der Waals surface area contributed by atoms with Gasteiger partial charge in [0.1, 0.15) is 11.5 Å². The molecular weight excluding hydrogens is 297 g/mol. The molecule has 1 atom stereocenters. The third-order valence-electron chi connectivity index (χ3n) is 3.87. The molecule has 0 spiro atoms. The van der Waals surface area contributed by atoms with Gasteiger partial charge in [0, 0.05) is 31.4 Å². The van der Waals surface area contributed by atoms with Crippen molar-refractivity contribution in [2.75, 3.05) is 26.3 Å². The molecular formula is C17H18FN3O2. The van der Waals surface area contributed by atoms with Gasteiger partial charge in [-0.1, -0.05) is 18.2 Å². The molecule has 2 aromatic rings. The first kappa shape index (κ1) is 15.6. The lowest BCUT2D eigenvalue weighted by Crippen LogP contribution is -2.37. The summed E-state index contributed by atoms with van der Waals surface area (Å²) in [4.78, 5) is 22.2. The van der Waals surface area contributed by atoms with E-state index in [-0.39, 0.29) is 17.6 Å². The minimum absolute atomic E-state index is 0.0509. The summed E-state index contributed by atoms with van der Waals surface area (Å²) in [5.74, 6) is -0.333. The van der Waals surface area contributed by atoms with Gasteiger partial charge < -0.3 is 9.64 Å². The molecule has 0 aliphatic carbocycles. The van der Waals surface area contributed by atoms with Crippen molar-refractivity contribution in [2.45, 2.75) is 6.42 Å². The number of benzene rings is 1. The van der Waals surface area contributed by atoms with E-state index in [0.717, 1.165) is 0 Å². The minimum Gasteiger partial charge on any atom is -0.379 e. The zero-order valence-corrected chi connectivity index (χ0v) is 12.7. The summed E-state index contributed by atoms with van der Waals surface area (Å²) in [6.45, 7) is 2.01. The van der Waals surface area contributed by atoms with E-state index in [0.29, 0.717) is 44.0 Å². The molecule has 1 aliphatic heterocycles. The third kappa shape index (κ3) is 3.90. The summed E-state index contributed by atoms with van der Waals surface area (Å²) in [5.41, 5.74) is 0.967. The van der Waals surface area contributed by atoms with Crippen LogP contribution in [0.3, 0.4) is 0 Å². The molecule has 0 radical (unpaired) electrons. The number of aromatic nitrogens is 2. The predicted octanol–water partition coefficient (Wildman–Crippen LogP) is 1.95. The number of carbonyl (C=O) groups is 1. The molecule has 0 N–H and O–H groups in total. The molecule has 0 saturated carbocycles. The SMILES string of the molecule is O=C(c1cnccn1)N1CCOCC(Cc2ccccc2F)C1. The number of carbonyl (C=O) groups excluding carboxylic acids is 1. The van der Waals surface area contributed by atoms with E-state index in [9.17, 15) is 9.18 Å². The number of halogens is 1. The van der Waals surface area contributed by atoms with Gasteiger partial charge >= 0.3 is 0 Å². The number of hydrogen-bond donors (Lipinski definition) is 0. The van der Waals surface area contributed by atoms with Crippen molar-refractivity contribution in [2.24, 2.45) is 5.92 Å². The van der Waals surface area contributed by atoms with Crippen LogP contribution in [-0.2, 0) is 11.2 Å². The van der Waals surface area contributed by atoms with Gasteiger partial charge in [-0.25, -0.2) is 9.37 Å². The van der Waals surface area contributed by atoms with Crippen molar-refractivity contribution in [1.82, 2.24) is 14.9 Å². The minimum atomic E-state index is -0.219. The van der Waals surface area contributed by atoms with Crippen molar-refractivity contribution >= 4 is 5.91 Å². The summed E-state index contributed by atoms with van der Waals surface area (Å²) in [7, 11) is 0. The van der Waals surface area contributed by atoms with Crippen molar-refractivity contribution in [1.29, 1.82) is 0 Å². The maximum atomic E-state index is 13.8. The molecule has 1 fully saturated rings. The van der Waals surface area contributed by atoms with Crippen LogP contribution < -0.4 is 0 Å². The average molecular weight is 315 g/mol. The Bertz CT molecular complexity index is 666. The Kier molecular flexibility index (Phi) is 4.92. The molecule has 23 heavy (non-hydrogen) atoms. The second kappa shape index (κ2) is 7.28. The molecule has 1 aliphatic rings. The molecule has 1 aromatic heterocycles. The summed E-state index contributed by atoms with van der Waals surface area (Å²) in [6, 6.07) is 6.72. The second-order valence-corrected chi connectivity index (χ2v) is 5.58. The first-order valence-electron chi connectivity index (χ1n) is 7.60. The third-order valence-corrected chi connectivity index (χ3v) is 3.87. The second-order valence-electron chi connectivity index (χ2n) is 5.58. The standard InChI is InChI=1S/C17H18FN3O2/c18-15-4-2-1-3-14(15)9-13-11-21(7-8-23-12-13)17(22)16-10-19-5-6-20-16/h1-6,10,13H,7-9,11-12H2. The van der Waals surface area contributed by atoms with Gasteiger partial charge in [-0.15, -0.1) is 0 Å². The molecule has 1 saturated heterocycles. The van der Waals surface area contributed by atoms with Crippen LogP contribution in [0.25, 0.3) is 0 Å². The molecule has 5 nitrogen and oxygen atoms in total.